The van der Waals surface area contributed by atoms with Crippen LogP contribution in [0.15, 0.2) is 12.1 Å². The molecular formula is C15H18N3OS2+. The molecule has 2 aromatic rings. The maximum Gasteiger partial charge on any atom is 0.256 e. The van der Waals surface area contributed by atoms with E-state index in [0.717, 1.165) is 30.1 Å². The Bertz CT molecular complexity index is 719. The van der Waals surface area contributed by atoms with Crippen molar-refractivity contribution in [3.63, 3.8) is 0 Å². The first-order chi connectivity index (χ1) is 10.1. The van der Waals surface area contributed by atoms with E-state index in [0.29, 0.717) is 0 Å². The van der Waals surface area contributed by atoms with Gasteiger partial charge in [-0.3, -0.25) is 4.79 Å². The Labute approximate surface area is 131 Å². The minimum Gasteiger partial charge on any atom is -0.352 e. The van der Waals surface area contributed by atoms with E-state index in [9.17, 15) is 4.79 Å². The van der Waals surface area contributed by atoms with Gasteiger partial charge in [0.25, 0.3) is 5.91 Å². The number of fused-ring (bicyclic) bond motifs is 3. The van der Waals surface area contributed by atoms with E-state index in [4.69, 9.17) is 0 Å². The van der Waals surface area contributed by atoms with Gasteiger partial charge in [0, 0.05) is 16.2 Å². The smallest absolute Gasteiger partial charge is 0.256 e. The molecule has 0 saturated carbocycles. The maximum atomic E-state index is 12.5. The molecule has 2 atom stereocenters. The largest absolute Gasteiger partial charge is 0.352 e. The van der Waals surface area contributed by atoms with Crippen molar-refractivity contribution < 1.29 is 9.69 Å². The second-order valence-electron chi connectivity index (χ2n) is 5.84. The quantitative estimate of drug-likeness (QED) is 0.746. The van der Waals surface area contributed by atoms with Crippen LogP contribution in [0.1, 0.15) is 36.7 Å². The van der Waals surface area contributed by atoms with E-state index in [-0.39, 0.29) is 12.1 Å². The molecule has 4 nitrogen and oxygen atoms in total. The van der Waals surface area contributed by atoms with Gasteiger partial charge in [-0.15, -0.1) is 22.7 Å². The SMILES string of the molecule is Cc1ccc([C@H]2NC(=O)c3c(sc4c3CC[NH+](C)C4)N2)s1. The van der Waals surface area contributed by atoms with E-state index in [2.05, 4.69) is 36.7 Å². The monoisotopic (exact) mass is 320 g/mol. The molecular weight excluding hydrogens is 302 g/mol. The van der Waals surface area contributed by atoms with Crippen molar-refractivity contribution in [2.24, 2.45) is 0 Å². The van der Waals surface area contributed by atoms with Gasteiger partial charge < -0.3 is 15.5 Å². The van der Waals surface area contributed by atoms with Gasteiger partial charge in [-0.2, -0.15) is 0 Å². The molecule has 3 N–H and O–H groups in total. The number of aryl methyl sites for hydroxylation is 1. The van der Waals surface area contributed by atoms with Crippen LogP contribution in [0.5, 0.6) is 0 Å². The fraction of sp³-hybridized carbons (Fsp3) is 0.400. The van der Waals surface area contributed by atoms with Gasteiger partial charge in [0.05, 0.1) is 24.0 Å². The summed E-state index contributed by atoms with van der Waals surface area (Å²) in [6.45, 7) is 4.23. The van der Waals surface area contributed by atoms with Gasteiger partial charge in [-0.1, -0.05) is 0 Å². The lowest BCUT2D eigenvalue weighted by atomic mass is 10.0. The second-order valence-corrected chi connectivity index (χ2v) is 8.27. The molecule has 2 aliphatic heterocycles. The van der Waals surface area contributed by atoms with Crippen LogP contribution < -0.4 is 15.5 Å². The van der Waals surface area contributed by atoms with Crippen LogP contribution in [0.2, 0.25) is 0 Å². The Morgan fingerprint density at radius 2 is 2.14 bits per heavy atom. The van der Waals surface area contributed by atoms with Crippen molar-refractivity contribution in [3.05, 3.63) is 37.9 Å². The van der Waals surface area contributed by atoms with E-state index >= 15 is 0 Å². The molecule has 21 heavy (non-hydrogen) atoms. The predicted octanol–water partition coefficient (Wildman–Crippen LogP) is 1.54. The average molecular weight is 320 g/mol. The summed E-state index contributed by atoms with van der Waals surface area (Å²) < 4.78 is 0. The number of quaternary nitrogens is 1. The lowest BCUT2D eigenvalue weighted by molar-refractivity contribution is -0.895. The summed E-state index contributed by atoms with van der Waals surface area (Å²) in [4.78, 5) is 17.9. The van der Waals surface area contributed by atoms with E-state index < -0.39 is 0 Å². The normalized spacial score (nSPS) is 24.0. The first-order valence-corrected chi connectivity index (χ1v) is 8.84. The zero-order chi connectivity index (χ0) is 14.6. The molecule has 1 amide bonds. The Kier molecular flexibility index (Phi) is 3.06. The Morgan fingerprint density at radius 1 is 1.29 bits per heavy atom. The highest BCUT2D eigenvalue weighted by Crippen LogP contribution is 2.39. The van der Waals surface area contributed by atoms with E-state index in [1.165, 1.54) is 25.1 Å². The van der Waals surface area contributed by atoms with Gasteiger partial charge in [0.1, 0.15) is 17.7 Å². The number of rotatable bonds is 1. The lowest BCUT2D eigenvalue weighted by Gasteiger charge is -2.26. The number of hydrogen-bond donors (Lipinski definition) is 3. The van der Waals surface area contributed by atoms with Crippen LogP contribution >= 0.6 is 22.7 Å². The fourth-order valence-corrected chi connectivity index (χ4v) is 5.35. The van der Waals surface area contributed by atoms with Gasteiger partial charge in [-0.25, -0.2) is 0 Å². The number of anilines is 1. The first-order valence-electron chi connectivity index (χ1n) is 7.21. The molecule has 6 heteroatoms. The van der Waals surface area contributed by atoms with Crippen molar-refractivity contribution in [1.82, 2.24) is 5.32 Å². The highest BCUT2D eigenvalue weighted by atomic mass is 32.1. The summed E-state index contributed by atoms with van der Waals surface area (Å²) in [6, 6.07) is 4.19. The van der Waals surface area contributed by atoms with Crippen LogP contribution in [0.3, 0.4) is 0 Å². The zero-order valence-electron chi connectivity index (χ0n) is 12.1. The Hall–Kier alpha value is -1.37. The van der Waals surface area contributed by atoms with Crippen LogP contribution in [0.4, 0.5) is 5.00 Å². The summed E-state index contributed by atoms with van der Waals surface area (Å²) >= 11 is 3.49. The highest BCUT2D eigenvalue weighted by molar-refractivity contribution is 7.16. The van der Waals surface area contributed by atoms with E-state index in [1.54, 1.807) is 22.7 Å². The lowest BCUT2D eigenvalue weighted by Crippen LogP contribution is -3.08. The van der Waals surface area contributed by atoms with Crippen LogP contribution in [-0.2, 0) is 13.0 Å². The highest BCUT2D eigenvalue weighted by Gasteiger charge is 2.34. The molecule has 0 saturated heterocycles. The minimum atomic E-state index is -0.0890. The van der Waals surface area contributed by atoms with Gasteiger partial charge >= 0.3 is 0 Å². The molecule has 4 heterocycles. The van der Waals surface area contributed by atoms with Crippen LogP contribution in [-0.4, -0.2) is 19.5 Å². The number of carbonyl (C=O) groups is 1. The van der Waals surface area contributed by atoms with Gasteiger partial charge in [0.15, 0.2) is 0 Å². The standard InChI is InChI=1S/C15H17N3OS2/c1-8-3-4-10(20-8)13-16-14(19)12-9-5-6-18(2)7-11(9)21-15(12)17-13/h3-4,13,17H,5-7H2,1-2H3,(H,16,19)/p+1/t13-/m0/s1. The van der Waals surface area contributed by atoms with Crippen molar-refractivity contribution in [2.75, 3.05) is 18.9 Å². The molecule has 0 aliphatic carbocycles. The number of nitrogens with one attached hydrogen (secondary N) is 3. The maximum absolute atomic E-state index is 12.5. The molecule has 1 unspecified atom stereocenters. The number of amides is 1. The topological polar surface area (TPSA) is 45.6 Å². The first kappa shape index (κ1) is 13.3. The molecule has 0 radical (unpaired) electrons. The zero-order valence-corrected chi connectivity index (χ0v) is 13.7. The van der Waals surface area contributed by atoms with E-state index in [1.807, 2.05) is 0 Å². The van der Waals surface area contributed by atoms with Crippen LogP contribution in [0.25, 0.3) is 0 Å². The number of carbonyl (C=O) groups excluding carboxylic acids is 1. The number of hydrogen-bond acceptors (Lipinski definition) is 4. The molecule has 2 aromatic heterocycles. The summed E-state index contributed by atoms with van der Waals surface area (Å²) in [5, 5.41) is 7.68. The predicted molar refractivity (Wildman–Crippen MR) is 86.4 cm³/mol. The molecule has 0 aromatic carbocycles. The van der Waals surface area contributed by atoms with Crippen molar-refractivity contribution in [2.45, 2.75) is 26.1 Å². The van der Waals surface area contributed by atoms with Crippen molar-refractivity contribution in [1.29, 1.82) is 0 Å². The average Bonchev–Trinajstić information content (AvgIpc) is 3.01. The van der Waals surface area contributed by atoms with Gasteiger partial charge in [-0.05, 0) is 24.6 Å². The third kappa shape index (κ3) is 2.18. The number of likely N-dealkylation sites (N-methyl/N-ethyl adjacent to an activating group) is 1. The molecule has 0 spiro atoms. The Balaban J connectivity index is 1.71. The molecule has 0 fully saturated rings. The Morgan fingerprint density at radius 3 is 2.90 bits per heavy atom. The molecule has 0 bridgehead atoms. The third-order valence-corrected chi connectivity index (χ3v) is 6.41. The second kappa shape index (κ2) is 4.83. The summed E-state index contributed by atoms with van der Waals surface area (Å²) in [6.07, 6.45) is 0.916. The molecule has 2 aliphatic rings. The summed E-state index contributed by atoms with van der Waals surface area (Å²) in [5.41, 5.74) is 2.17. The molecule has 4 rings (SSSR count). The van der Waals surface area contributed by atoms with Crippen LogP contribution in [0, 0.1) is 6.92 Å². The fourth-order valence-electron chi connectivity index (χ4n) is 3.08. The van der Waals surface area contributed by atoms with Crippen molar-refractivity contribution in [3.8, 4) is 0 Å². The molecule has 110 valence electrons. The van der Waals surface area contributed by atoms with Gasteiger partial charge in [0.2, 0.25) is 0 Å². The number of thiophene rings is 2. The van der Waals surface area contributed by atoms with Crippen molar-refractivity contribution >= 4 is 33.6 Å². The summed E-state index contributed by atoms with van der Waals surface area (Å²) in [5.74, 6) is 0.0804. The summed E-state index contributed by atoms with van der Waals surface area (Å²) in [7, 11) is 2.21. The third-order valence-electron chi connectivity index (χ3n) is 4.18. The minimum absolute atomic E-state index is 0.0804.